The molecule has 20 heavy (non-hydrogen) atoms. The minimum absolute atomic E-state index is 0.298. The van der Waals surface area contributed by atoms with Gasteiger partial charge < -0.3 is 4.74 Å². The Morgan fingerprint density at radius 2 is 2.25 bits per heavy atom. The fraction of sp³-hybridized carbons (Fsp3) is 0.333. The monoisotopic (exact) mass is 294 g/mol. The van der Waals surface area contributed by atoms with Crippen LogP contribution in [0.4, 0.5) is 5.13 Å². The SMILES string of the molecule is CCOC(=O)c1sc(NC(=O)c2ccnn2C)nc1C. The molecule has 0 bridgehead atoms. The number of nitrogens with zero attached hydrogens (tertiary/aromatic N) is 3. The van der Waals surface area contributed by atoms with Gasteiger partial charge in [-0.05, 0) is 19.9 Å². The van der Waals surface area contributed by atoms with Crippen molar-refractivity contribution in [2.45, 2.75) is 13.8 Å². The zero-order chi connectivity index (χ0) is 14.7. The van der Waals surface area contributed by atoms with Crippen LogP contribution in [-0.2, 0) is 11.8 Å². The van der Waals surface area contributed by atoms with Gasteiger partial charge in [0.05, 0.1) is 12.3 Å². The molecule has 0 radical (unpaired) electrons. The molecule has 2 aromatic heterocycles. The summed E-state index contributed by atoms with van der Waals surface area (Å²) >= 11 is 1.09. The Morgan fingerprint density at radius 3 is 2.85 bits per heavy atom. The van der Waals surface area contributed by atoms with Crippen LogP contribution in [0.15, 0.2) is 12.3 Å². The fourth-order valence-electron chi connectivity index (χ4n) is 1.59. The predicted octanol–water partition coefficient (Wildman–Crippen LogP) is 1.61. The van der Waals surface area contributed by atoms with E-state index in [-0.39, 0.29) is 5.91 Å². The molecule has 8 heteroatoms. The molecule has 0 aliphatic carbocycles. The predicted molar refractivity (Wildman–Crippen MR) is 74.0 cm³/mol. The summed E-state index contributed by atoms with van der Waals surface area (Å²) in [6.45, 7) is 3.73. The Kier molecular flexibility index (Phi) is 4.14. The van der Waals surface area contributed by atoms with Gasteiger partial charge in [-0.15, -0.1) is 0 Å². The number of hydrogen-bond acceptors (Lipinski definition) is 6. The van der Waals surface area contributed by atoms with E-state index in [1.54, 1.807) is 27.0 Å². The molecule has 2 rings (SSSR count). The fourth-order valence-corrected chi connectivity index (χ4v) is 2.45. The van der Waals surface area contributed by atoms with E-state index in [0.717, 1.165) is 11.3 Å². The molecule has 2 heterocycles. The van der Waals surface area contributed by atoms with Crippen LogP contribution in [0.5, 0.6) is 0 Å². The summed E-state index contributed by atoms with van der Waals surface area (Å²) in [5, 5.41) is 6.92. The molecule has 0 saturated heterocycles. The quantitative estimate of drug-likeness (QED) is 0.866. The van der Waals surface area contributed by atoms with Crippen molar-refractivity contribution in [3.8, 4) is 0 Å². The standard InChI is InChI=1S/C12H14N4O3S/c1-4-19-11(18)9-7(2)14-12(20-9)15-10(17)8-5-6-13-16(8)3/h5-6H,4H2,1-3H3,(H,14,15,17). The minimum Gasteiger partial charge on any atom is -0.462 e. The van der Waals surface area contributed by atoms with Crippen LogP contribution in [0.25, 0.3) is 0 Å². The number of nitrogens with one attached hydrogen (secondary N) is 1. The summed E-state index contributed by atoms with van der Waals surface area (Å²) in [6.07, 6.45) is 1.53. The highest BCUT2D eigenvalue weighted by atomic mass is 32.1. The highest BCUT2D eigenvalue weighted by Crippen LogP contribution is 2.23. The molecule has 0 aliphatic rings. The maximum Gasteiger partial charge on any atom is 0.350 e. The lowest BCUT2D eigenvalue weighted by atomic mass is 10.4. The Hall–Kier alpha value is -2.22. The van der Waals surface area contributed by atoms with E-state index in [9.17, 15) is 9.59 Å². The number of hydrogen-bond donors (Lipinski definition) is 1. The van der Waals surface area contributed by atoms with Crippen molar-refractivity contribution in [1.82, 2.24) is 14.8 Å². The van der Waals surface area contributed by atoms with Crippen LogP contribution in [0.1, 0.15) is 32.8 Å². The zero-order valence-corrected chi connectivity index (χ0v) is 12.2. The summed E-state index contributed by atoms with van der Waals surface area (Å²) in [5.41, 5.74) is 0.948. The number of aryl methyl sites for hydroxylation is 2. The number of rotatable bonds is 4. The molecule has 0 fully saturated rings. The van der Waals surface area contributed by atoms with Crippen molar-refractivity contribution in [3.05, 3.63) is 28.5 Å². The first-order chi connectivity index (χ1) is 9.52. The number of amides is 1. The van der Waals surface area contributed by atoms with Gasteiger partial charge in [-0.1, -0.05) is 11.3 Å². The molecule has 0 aliphatic heterocycles. The van der Waals surface area contributed by atoms with Gasteiger partial charge in [0.15, 0.2) is 5.13 Å². The molecule has 1 N–H and O–H groups in total. The molecule has 0 aromatic carbocycles. The number of thiazole rings is 1. The summed E-state index contributed by atoms with van der Waals surface area (Å²) in [6, 6.07) is 1.60. The van der Waals surface area contributed by atoms with Crippen molar-refractivity contribution in [2.24, 2.45) is 7.05 Å². The second-order valence-electron chi connectivity index (χ2n) is 3.95. The van der Waals surface area contributed by atoms with Gasteiger partial charge in [0.2, 0.25) is 0 Å². The first-order valence-electron chi connectivity index (χ1n) is 5.96. The largest absolute Gasteiger partial charge is 0.462 e. The van der Waals surface area contributed by atoms with Crippen molar-refractivity contribution >= 4 is 28.3 Å². The molecule has 0 saturated carbocycles. The molecule has 0 spiro atoms. The van der Waals surface area contributed by atoms with Gasteiger partial charge in [-0.2, -0.15) is 5.10 Å². The molecule has 0 unspecified atom stereocenters. The highest BCUT2D eigenvalue weighted by Gasteiger charge is 2.18. The van der Waals surface area contributed by atoms with E-state index in [1.807, 2.05) is 0 Å². The first kappa shape index (κ1) is 14.2. The van der Waals surface area contributed by atoms with Gasteiger partial charge in [-0.3, -0.25) is 14.8 Å². The van der Waals surface area contributed by atoms with Crippen molar-refractivity contribution in [3.63, 3.8) is 0 Å². The number of anilines is 1. The molecular formula is C12H14N4O3S. The summed E-state index contributed by atoms with van der Waals surface area (Å²) in [7, 11) is 1.67. The first-order valence-corrected chi connectivity index (χ1v) is 6.78. The van der Waals surface area contributed by atoms with E-state index in [0.29, 0.717) is 28.0 Å². The Balaban J connectivity index is 2.15. The van der Waals surface area contributed by atoms with Gasteiger partial charge >= 0.3 is 5.97 Å². The Morgan fingerprint density at radius 1 is 1.50 bits per heavy atom. The number of carbonyl (C=O) groups is 2. The lowest BCUT2D eigenvalue weighted by molar-refractivity contribution is 0.0531. The van der Waals surface area contributed by atoms with Crippen LogP contribution in [-0.4, -0.2) is 33.2 Å². The van der Waals surface area contributed by atoms with E-state index in [2.05, 4.69) is 15.4 Å². The number of ether oxygens (including phenoxy) is 1. The van der Waals surface area contributed by atoms with Crippen molar-refractivity contribution < 1.29 is 14.3 Å². The second kappa shape index (κ2) is 5.83. The lowest BCUT2D eigenvalue weighted by Crippen LogP contribution is -2.15. The number of esters is 1. The molecule has 106 valence electrons. The van der Waals surface area contributed by atoms with E-state index < -0.39 is 5.97 Å². The van der Waals surface area contributed by atoms with Gasteiger partial charge in [0.1, 0.15) is 10.6 Å². The van der Waals surface area contributed by atoms with E-state index in [1.165, 1.54) is 10.9 Å². The summed E-state index contributed by atoms with van der Waals surface area (Å²) in [4.78, 5) is 28.2. The maximum atomic E-state index is 12.0. The number of aromatic nitrogens is 3. The van der Waals surface area contributed by atoms with Crippen LogP contribution in [0, 0.1) is 6.92 Å². The third-order valence-corrected chi connectivity index (χ3v) is 3.58. The van der Waals surface area contributed by atoms with Crippen LogP contribution < -0.4 is 5.32 Å². The second-order valence-corrected chi connectivity index (χ2v) is 4.95. The van der Waals surface area contributed by atoms with E-state index in [4.69, 9.17) is 4.74 Å². The smallest absolute Gasteiger partial charge is 0.350 e. The van der Waals surface area contributed by atoms with Gasteiger partial charge in [0, 0.05) is 13.2 Å². The average Bonchev–Trinajstić information content (AvgIpc) is 2.96. The molecule has 1 amide bonds. The molecule has 7 nitrogen and oxygen atoms in total. The third-order valence-electron chi connectivity index (χ3n) is 2.53. The van der Waals surface area contributed by atoms with Crippen molar-refractivity contribution in [2.75, 3.05) is 11.9 Å². The topological polar surface area (TPSA) is 86.1 Å². The lowest BCUT2D eigenvalue weighted by Gasteiger charge is -2.01. The van der Waals surface area contributed by atoms with Crippen LogP contribution in [0.2, 0.25) is 0 Å². The normalized spacial score (nSPS) is 10.3. The molecule has 0 atom stereocenters. The highest BCUT2D eigenvalue weighted by molar-refractivity contribution is 7.17. The van der Waals surface area contributed by atoms with Crippen LogP contribution in [0.3, 0.4) is 0 Å². The molecule has 2 aromatic rings. The zero-order valence-electron chi connectivity index (χ0n) is 11.3. The molecular weight excluding hydrogens is 280 g/mol. The van der Waals surface area contributed by atoms with E-state index >= 15 is 0 Å². The summed E-state index contributed by atoms with van der Waals surface area (Å²) in [5.74, 6) is -0.752. The Labute approximate surface area is 119 Å². The third kappa shape index (κ3) is 2.85. The number of carbonyl (C=O) groups excluding carboxylic acids is 2. The van der Waals surface area contributed by atoms with Crippen LogP contribution >= 0.6 is 11.3 Å². The average molecular weight is 294 g/mol. The van der Waals surface area contributed by atoms with Gasteiger partial charge in [-0.25, -0.2) is 9.78 Å². The Bertz CT molecular complexity index is 647. The summed E-state index contributed by atoms with van der Waals surface area (Å²) < 4.78 is 6.38. The van der Waals surface area contributed by atoms with Gasteiger partial charge in [0.25, 0.3) is 5.91 Å². The van der Waals surface area contributed by atoms with Crippen molar-refractivity contribution in [1.29, 1.82) is 0 Å². The minimum atomic E-state index is -0.427. The maximum absolute atomic E-state index is 12.0.